The lowest BCUT2D eigenvalue weighted by atomic mass is 9.92. The second-order valence-corrected chi connectivity index (χ2v) is 7.82. The van der Waals surface area contributed by atoms with Crippen molar-refractivity contribution in [2.75, 3.05) is 4.72 Å². The van der Waals surface area contributed by atoms with Crippen LogP contribution in [-0.2, 0) is 16.4 Å². The number of nitrogens with zero attached hydrogens (tertiary/aromatic N) is 2. The summed E-state index contributed by atoms with van der Waals surface area (Å²) in [6.45, 7) is 5.83. The molecule has 0 bridgehead atoms. The second kappa shape index (κ2) is 7.54. The molecule has 0 aliphatic carbocycles. The van der Waals surface area contributed by atoms with Crippen molar-refractivity contribution < 1.29 is 13.3 Å². The standard InChI is InChI=1S/C18H19N3O4S/c1-12(2)16-11-15(10-14(8-9-19)13(16)3)20-26(24,25)18-7-5-4-6-17(18)21(22)23/h4-7,10-12,20H,8H2,1-3H3. The first kappa shape index (κ1) is 19.4. The number of nitriles is 1. The van der Waals surface area contributed by atoms with Gasteiger partial charge in [0.1, 0.15) is 0 Å². The van der Waals surface area contributed by atoms with E-state index in [1.165, 1.54) is 18.2 Å². The molecule has 0 amide bonds. The Kier molecular flexibility index (Phi) is 5.63. The lowest BCUT2D eigenvalue weighted by molar-refractivity contribution is -0.387. The number of anilines is 1. The molecule has 0 aliphatic rings. The van der Waals surface area contributed by atoms with Gasteiger partial charge in [-0.25, -0.2) is 8.42 Å². The highest BCUT2D eigenvalue weighted by Gasteiger charge is 2.25. The topological polar surface area (TPSA) is 113 Å². The number of nitro groups is 1. The van der Waals surface area contributed by atoms with Crippen LogP contribution in [-0.4, -0.2) is 13.3 Å². The molecule has 0 saturated heterocycles. The molecule has 0 fully saturated rings. The summed E-state index contributed by atoms with van der Waals surface area (Å²) < 4.78 is 27.8. The molecule has 1 N–H and O–H groups in total. The van der Waals surface area contributed by atoms with E-state index in [0.717, 1.165) is 22.8 Å². The molecule has 0 heterocycles. The second-order valence-electron chi connectivity index (χ2n) is 6.17. The fourth-order valence-electron chi connectivity index (χ4n) is 2.77. The number of para-hydroxylation sites is 1. The summed E-state index contributed by atoms with van der Waals surface area (Å²) in [6.07, 6.45) is 0.145. The molecule has 0 spiro atoms. The average Bonchev–Trinajstić information content (AvgIpc) is 2.57. The van der Waals surface area contributed by atoms with Crippen molar-refractivity contribution >= 4 is 21.4 Å². The third-order valence-electron chi connectivity index (χ3n) is 4.05. The lowest BCUT2D eigenvalue weighted by Gasteiger charge is -2.17. The molecular formula is C18H19N3O4S. The molecule has 0 aliphatic heterocycles. The predicted molar refractivity (Wildman–Crippen MR) is 98.5 cm³/mol. The summed E-state index contributed by atoms with van der Waals surface area (Å²) in [5.41, 5.74) is 2.36. The molecule has 8 heteroatoms. The Morgan fingerprint density at radius 3 is 2.50 bits per heavy atom. The molecule has 26 heavy (non-hydrogen) atoms. The van der Waals surface area contributed by atoms with Crippen LogP contribution in [0.5, 0.6) is 0 Å². The first-order chi connectivity index (χ1) is 12.2. The summed E-state index contributed by atoms with van der Waals surface area (Å²) in [5.74, 6) is 0.128. The highest BCUT2D eigenvalue weighted by Crippen LogP contribution is 2.30. The van der Waals surface area contributed by atoms with E-state index >= 15 is 0 Å². The number of hydrogen-bond donors (Lipinski definition) is 1. The molecule has 0 unspecified atom stereocenters. The summed E-state index contributed by atoms with van der Waals surface area (Å²) >= 11 is 0. The van der Waals surface area contributed by atoms with Crippen molar-refractivity contribution in [3.8, 4) is 6.07 Å². The Balaban J connectivity index is 2.54. The van der Waals surface area contributed by atoms with Crippen LogP contribution in [0.15, 0.2) is 41.3 Å². The zero-order chi connectivity index (χ0) is 19.5. The van der Waals surface area contributed by atoms with E-state index in [9.17, 15) is 18.5 Å². The van der Waals surface area contributed by atoms with E-state index in [0.29, 0.717) is 0 Å². The van der Waals surface area contributed by atoms with Gasteiger partial charge in [-0.1, -0.05) is 26.0 Å². The van der Waals surface area contributed by atoms with Crippen LogP contribution < -0.4 is 4.72 Å². The molecule has 0 aromatic heterocycles. The number of hydrogen-bond acceptors (Lipinski definition) is 5. The van der Waals surface area contributed by atoms with Crippen molar-refractivity contribution in [1.82, 2.24) is 0 Å². The van der Waals surface area contributed by atoms with E-state index in [-0.39, 0.29) is 18.0 Å². The fourth-order valence-corrected chi connectivity index (χ4v) is 3.99. The molecule has 0 saturated carbocycles. The summed E-state index contributed by atoms with van der Waals surface area (Å²) in [4.78, 5) is 9.99. The zero-order valence-electron chi connectivity index (χ0n) is 14.7. The Labute approximate surface area is 152 Å². The quantitative estimate of drug-likeness (QED) is 0.609. The van der Waals surface area contributed by atoms with Crippen LogP contribution in [0, 0.1) is 28.4 Å². The van der Waals surface area contributed by atoms with Gasteiger partial charge in [-0.15, -0.1) is 0 Å². The maximum absolute atomic E-state index is 12.7. The SMILES string of the molecule is Cc1c(CC#N)cc(NS(=O)(=O)c2ccccc2[N+](=O)[O-])cc1C(C)C. The minimum atomic E-state index is -4.15. The van der Waals surface area contributed by atoms with Gasteiger partial charge in [0.2, 0.25) is 0 Å². The average molecular weight is 373 g/mol. The fraction of sp³-hybridized carbons (Fsp3) is 0.278. The van der Waals surface area contributed by atoms with Crippen LogP contribution >= 0.6 is 0 Å². The summed E-state index contributed by atoms with van der Waals surface area (Å²) in [5, 5.41) is 20.1. The van der Waals surface area contributed by atoms with Crippen LogP contribution in [0.4, 0.5) is 11.4 Å². The number of nitrogens with one attached hydrogen (secondary N) is 1. The normalized spacial score (nSPS) is 11.2. The van der Waals surface area contributed by atoms with E-state index in [1.807, 2.05) is 20.8 Å². The van der Waals surface area contributed by atoms with E-state index < -0.39 is 25.5 Å². The van der Waals surface area contributed by atoms with Gasteiger partial charge in [0.15, 0.2) is 4.90 Å². The largest absolute Gasteiger partial charge is 0.289 e. The van der Waals surface area contributed by atoms with Crippen molar-refractivity contribution in [2.45, 2.75) is 38.0 Å². The van der Waals surface area contributed by atoms with Crippen LogP contribution in [0.2, 0.25) is 0 Å². The molecule has 0 atom stereocenters. The number of rotatable bonds is 6. The lowest BCUT2D eigenvalue weighted by Crippen LogP contribution is -2.15. The third kappa shape index (κ3) is 4.00. The summed E-state index contributed by atoms with van der Waals surface area (Å²) in [7, 11) is -4.15. The highest BCUT2D eigenvalue weighted by molar-refractivity contribution is 7.92. The Hall–Kier alpha value is -2.92. The van der Waals surface area contributed by atoms with Crippen molar-refractivity contribution in [3.05, 3.63) is 63.2 Å². The molecule has 0 radical (unpaired) electrons. The zero-order valence-corrected chi connectivity index (χ0v) is 15.5. The Morgan fingerprint density at radius 1 is 1.27 bits per heavy atom. The first-order valence-electron chi connectivity index (χ1n) is 7.94. The van der Waals surface area contributed by atoms with Gasteiger partial charge in [-0.3, -0.25) is 14.8 Å². The van der Waals surface area contributed by atoms with E-state index in [2.05, 4.69) is 10.8 Å². The molecule has 7 nitrogen and oxygen atoms in total. The predicted octanol–water partition coefficient (Wildman–Crippen LogP) is 3.89. The van der Waals surface area contributed by atoms with E-state index in [1.54, 1.807) is 12.1 Å². The Bertz CT molecular complexity index is 992. The van der Waals surface area contributed by atoms with Gasteiger partial charge >= 0.3 is 0 Å². The van der Waals surface area contributed by atoms with Crippen LogP contribution in [0.1, 0.15) is 36.5 Å². The van der Waals surface area contributed by atoms with Gasteiger partial charge in [-0.2, -0.15) is 5.26 Å². The number of nitro benzene ring substituents is 1. The third-order valence-corrected chi connectivity index (χ3v) is 5.48. The smallest absolute Gasteiger partial charge is 0.279 e. The van der Waals surface area contributed by atoms with Crippen molar-refractivity contribution in [1.29, 1.82) is 5.26 Å². The van der Waals surface area contributed by atoms with Crippen LogP contribution in [0.3, 0.4) is 0 Å². The van der Waals surface area contributed by atoms with Gasteiger partial charge in [0, 0.05) is 11.8 Å². The number of sulfonamides is 1. The van der Waals surface area contributed by atoms with Crippen molar-refractivity contribution in [2.24, 2.45) is 0 Å². The molecule has 2 aromatic rings. The molecular weight excluding hydrogens is 354 g/mol. The van der Waals surface area contributed by atoms with Gasteiger partial charge in [0.05, 0.1) is 17.4 Å². The van der Waals surface area contributed by atoms with Gasteiger partial charge in [0.25, 0.3) is 15.7 Å². The minimum absolute atomic E-state index is 0.128. The monoisotopic (exact) mass is 373 g/mol. The summed E-state index contributed by atoms with van der Waals surface area (Å²) in [6, 6.07) is 10.5. The van der Waals surface area contributed by atoms with Gasteiger partial charge < -0.3 is 0 Å². The number of benzene rings is 2. The molecule has 2 aromatic carbocycles. The van der Waals surface area contributed by atoms with Crippen LogP contribution in [0.25, 0.3) is 0 Å². The maximum Gasteiger partial charge on any atom is 0.289 e. The van der Waals surface area contributed by atoms with Gasteiger partial charge in [-0.05, 0) is 47.7 Å². The highest BCUT2D eigenvalue weighted by atomic mass is 32.2. The maximum atomic E-state index is 12.7. The molecule has 2 rings (SSSR count). The van der Waals surface area contributed by atoms with E-state index in [4.69, 9.17) is 5.26 Å². The molecule has 136 valence electrons. The minimum Gasteiger partial charge on any atom is -0.279 e. The Morgan fingerprint density at radius 2 is 1.92 bits per heavy atom. The van der Waals surface area contributed by atoms with Crippen molar-refractivity contribution in [3.63, 3.8) is 0 Å². The first-order valence-corrected chi connectivity index (χ1v) is 9.42.